The first-order valence-corrected chi connectivity index (χ1v) is 13.4. The Balaban J connectivity index is 1.78. The molecule has 30 heavy (non-hydrogen) atoms. The van der Waals surface area contributed by atoms with Crippen LogP contribution < -0.4 is 0 Å². The predicted molar refractivity (Wildman–Crippen MR) is 124 cm³/mol. The molecule has 0 saturated heterocycles. The Morgan fingerprint density at radius 2 is 2.10 bits per heavy atom. The van der Waals surface area contributed by atoms with Crippen LogP contribution in [-0.4, -0.2) is 55.4 Å². The average Bonchev–Trinajstić information content (AvgIpc) is 3.35. The first-order valence-electron chi connectivity index (χ1n) is 10.4. The monoisotopic (exact) mass is 428 g/mol. The molecule has 1 unspecified atom stereocenters. The maximum absolute atomic E-state index is 9.17. The number of fused-ring (bicyclic) bond motifs is 1. The van der Waals surface area contributed by atoms with E-state index in [4.69, 9.17) is 4.74 Å². The largest absolute Gasteiger partial charge is 0.360 e. The highest BCUT2D eigenvalue weighted by Crippen LogP contribution is 2.33. The number of hydrogen-bond donors (Lipinski definition) is 0. The molecule has 0 radical (unpaired) electrons. The third-order valence-corrected chi connectivity index (χ3v) is 6.48. The van der Waals surface area contributed by atoms with Gasteiger partial charge in [-0.2, -0.15) is 10.4 Å². The number of hydrogen-bond acceptors (Lipinski definition) is 5. The van der Waals surface area contributed by atoms with E-state index in [0.29, 0.717) is 13.2 Å². The van der Waals surface area contributed by atoms with Gasteiger partial charge in [-0.05, 0) is 31.3 Å². The van der Waals surface area contributed by atoms with Gasteiger partial charge < -0.3 is 9.30 Å². The second-order valence-corrected chi connectivity index (χ2v) is 13.0. The first-order chi connectivity index (χ1) is 14.4. The predicted octanol–water partition coefficient (Wildman–Crippen LogP) is 4.61. The third-order valence-electron chi connectivity index (χ3n) is 5.09. The quantitative estimate of drug-likeness (QED) is 0.417. The van der Waals surface area contributed by atoms with Crippen LogP contribution in [0, 0.1) is 11.3 Å². The molecule has 0 N–H and O–H groups in total. The number of nitriles is 1. The van der Waals surface area contributed by atoms with Crippen molar-refractivity contribution < 1.29 is 4.74 Å². The molecule has 1 atom stereocenters. The molecule has 0 aliphatic heterocycles. The maximum Gasteiger partial charge on any atom is 0.145 e. The third kappa shape index (κ3) is 5.61. The molecule has 0 amide bonds. The van der Waals surface area contributed by atoms with Crippen molar-refractivity contribution >= 4 is 21.1 Å². The molecular weight excluding hydrogens is 396 g/mol. The summed E-state index contributed by atoms with van der Waals surface area (Å²) in [5.74, 6) is 1.09. The lowest BCUT2D eigenvalue weighted by Gasteiger charge is -2.24. The summed E-state index contributed by atoms with van der Waals surface area (Å²) in [5, 5.41) is 14.7. The summed E-state index contributed by atoms with van der Waals surface area (Å²) in [6.07, 6.45) is 17.9. The molecule has 0 bridgehead atoms. The van der Waals surface area contributed by atoms with Gasteiger partial charge in [-0.3, -0.25) is 4.68 Å². The normalized spacial score (nSPS) is 13.4. The summed E-state index contributed by atoms with van der Waals surface area (Å²) >= 11 is 0. The van der Waals surface area contributed by atoms with Gasteiger partial charge in [0.25, 0.3) is 0 Å². The zero-order chi connectivity index (χ0) is 21.6. The molecule has 7 nitrogen and oxygen atoms in total. The summed E-state index contributed by atoms with van der Waals surface area (Å²) in [7, 11) is -0.555. The first kappa shape index (κ1) is 22.3. The van der Waals surface area contributed by atoms with E-state index in [1.165, 1.54) is 0 Å². The Morgan fingerprint density at radius 1 is 1.27 bits per heavy atom. The zero-order valence-corrected chi connectivity index (χ0v) is 19.2. The van der Waals surface area contributed by atoms with E-state index in [-0.39, 0.29) is 6.04 Å². The molecule has 0 aliphatic rings. The van der Waals surface area contributed by atoms with E-state index in [9.17, 15) is 5.26 Å². The minimum Gasteiger partial charge on any atom is -0.360 e. The van der Waals surface area contributed by atoms with Crippen LogP contribution in [0.25, 0.3) is 22.3 Å². The van der Waals surface area contributed by atoms with E-state index in [1.807, 2.05) is 33.9 Å². The molecule has 0 aromatic carbocycles. The Bertz CT molecular complexity index is 997. The number of unbranched alkanes of at least 4 members (excludes halogenated alkanes) is 1. The summed E-state index contributed by atoms with van der Waals surface area (Å²) in [6, 6.07) is 4.42. The van der Waals surface area contributed by atoms with E-state index >= 15 is 0 Å². The summed E-state index contributed by atoms with van der Waals surface area (Å²) in [5.41, 5.74) is 2.66. The SMILES string of the molecule is CCCCC(CC#N)n1cc(-c2ncnc3c2ccn3COCCS(C)(C)C)cn1. The topological polar surface area (TPSA) is 81.5 Å². The van der Waals surface area contributed by atoms with E-state index in [0.717, 1.165) is 53.9 Å². The van der Waals surface area contributed by atoms with Gasteiger partial charge in [0, 0.05) is 29.1 Å². The molecule has 162 valence electrons. The van der Waals surface area contributed by atoms with Gasteiger partial charge in [0.1, 0.15) is 18.7 Å². The maximum atomic E-state index is 9.17. The van der Waals surface area contributed by atoms with Gasteiger partial charge in [0.15, 0.2) is 0 Å². The lowest BCUT2D eigenvalue weighted by molar-refractivity contribution is 0.0923. The fourth-order valence-electron chi connectivity index (χ4n) is 3.34. The van der Waals surface area contributed by atoms with Crippen molar-refractivity contribution in [1.82, 2.24) is 24.3 Å². The fourth-order valence-corrected chi connectivity index (χ4v) is 3.96. The van der Waals surface area contributed by atoms with Crippen LogP contribution in [0.3, 0.4) is 0 Å². The number of ether oxygens (including phenoxy) is 1. The van der Waals surface area contributed by atoms with Crippen molar-refractivity contribution in [3.05, 3.63) is 31.0 Å². The van der Waals surface area contributed by atoms with Gasteiger partial charge in [-0.15, -0.1) is 0 Å². The Labute approximate surface area is 180 Å². The fraction of sp³-hybridized carbons (Fsp3) is 0.545. The van der Waals surface area contributed by atoms with Crippen molar-refractivity contribution in [3.63, 3.8) is 0 Å². The second kappa shape index (κ2) is 10.1. The smallest absolute Gasteiger partial charge is 0.145 e. The van der Waals surface area contributed by atoms with E-state index in [1.54, 1.807) is 6.33 Å². The zero-order valence-electron chi connectivity index (χ0n) is 18.4. The van der Waals surface area contributed by atoms with Crippen LogP contribution in [-0.2, 0) is 11.5 Å². The molecule has 8 heteroatoms. The lowest BCUT2D eigenvalue weighted by atomic mass is 10.1. The van der Waals surface area contributed by atoms with E-state index < -0.39 is 10.0 Å². The van der Waals surface area contributed by atoms with Crippen molar-refractivity contribution in [2.45, 2.75) is 45.4 Å². The van der Waals surface area contributed by atoms with Crippen LogP contribution >= 0.6 is 10.0 Å². The van der Waals surface area contributed by atoms with Crippen LogP contribution in [0.2, 0.25) is 0 Å². The standard InChI is InChI=1S/C22H32N6OS/c1-5-6-7-19(8-10-23)28-15-18(14-26-28)21-20-9-11-27(22(20)25-16-24-21)17-29-12-13-30(2,3)4/h9,11,14-16,19H,5-8,12-13,17H2,1-4H3. The molecule has 0 aliphatic carbocycles. The van der Waals surface area contributed by atoms with E-state index in [2.05, 4.69) is 46.8 Å². The molecular formula is C22H32N6OS. The van der Waals surface area contributed by atoms with Crippen LogP contribution in [0.15, 0.2) is 31.0 Å². The number of rotatable bonds is 11. The van der Waals surface area contributed by atoms with Crippen molar-refractivity contribution in [3.8, 4) is 17.3 Å². The minimum atomic E-state index is -0.555. The van der Waals surface area contributed by atoms with Gasteiger partial charge in [-0.25, -0.2) is 20.0 Å². The van der Waals surface area contributed by atoms with Crippen LogP contribution in [0.4, 0.5) is 0 Å². The van der Waals surface area contributed by atoms with Crippen LogP contribution in [0.1, 0.15) is 38.6 Å². The number of aromatic nitrogens is 5. The highest BCUT2D eigenvalue weighted by Gasteiger charge is 2.16. The molecule has 3 aromatic heterocycles. The summed E-state index contributed by atoms with van der Waals surface area (Å²) in [4.78, 5) is 8.99. The Hall–Kier alpha value is -2.37. The van der Waals surface area contributed by atoms with Crippen molar-refractivity contribution in [2.75, 3.05) is 31.1 Å². The second-order valence-electron chi connectivity index (χ2n) is 8.44. The molecule has 3 aromatic rings. The molecule has 3 heterocycles. The molecule has 0 spiro atoms. The summed E-state index contributed by atoms with van der Waals surface area (Å²) < 4.78 is 9.81. The molecule has 0 saturated carbocycles. The van der Waals surface area contributed by atoms with Gasteiger partial charge in [-0.1, -0.05) is 19.8 Å². The highest BCUT2D eigenvalue weighted by molar-refractivity contribution is 8.32. The van der Waals surface area contributed by atoms with Gasteiger partial charge in [0.2, 0.25) is 0 Å². The summed E-state index contributed by atoms with van der Waals surface area (Å²) in [6.45, 7) is 3.39. The Kier molecular flexibility index (Phi) is 7.51. The van der Waals surface area contributed by atoms with Crippen molar-refractivity contribution in [2.24, 2.45) is 0 Å². The van der Waals surface area contributed by atoms with Gasteiger partial charge >= 0.3 is 0 Å². The van der Waals surface area contributed by atoms with Crippen LogP contribution in [0.5, 0.6) is 0 Å². The minimum absolute atomic E-state index is 0.101. The molecule has 0 fully saturated rings. The highest BCUT2D eigenvalue weighted by atomic mass is 32.3. The average molecular weight is 429 g/mol. The van der Waals surface area contributed by atoms with Gasteiger partial charge in [0.05, 0.1) is 37.0 Å². The number of nitrogens with zero attached hydrogens (tertiary/aromatic N) is 6. The molecule has 3 rings (SSSR count). The van der Waals surface area contributed by atoms with Crippen molar-refractivity contribution in [1.29, 1.82) is 5.26 Å². The lowest BCUT2D eigenvalue weighted by Crippen LogP contribution is -2.09. The Morgan fingerprint density at radius 3 is 2.83 bits per heavy atom.